The smallest absolute Gasteiger partial charge is 0.270 e. The van der Waals surface area contributed by atoms with Crippen molar-refractivity contribution in [3.63, 3.8) is 0 Å². The summed E-state index contributed by atoms with van der Waals surface area (Å²) in [6.45, 7) is 4.86. The Kier molecular flexibility index (Phi) is 8.26. The van der Waals surface area contributed by atoms with Crippen LogP contribution in [0.25, 0.3) is 5.57 Å². The third-order valence-electron chi connectivity index (χ3n) is 6.75. The van der Waals surface area contributed by atoms with Crippen LogP contribution >= 0.6 is 0 Å². The van der Waals surface area contributed by atoms with E-state index in [0.717, 1.165) is 36.8 Å². The zero-order valence-electron chi connectivity index (χ0n) is 21.0. The van der Waals surface area contributed by atoms with Crippen molar-refractivity contribution in [2.24, 2.45) is 5.92 Å². The van der Waals surface area contributed by atoms with Gasteiger partial charge in [-0.2, -0.15) is 0 Å². The van der Waals surface area contributed by atoms with E-state index in [2.05, 4.69) is 19.2 Å². The van der Waals surface area contributed by atoms with Crippen molar-refractivity contribution in [2.45, 2.75) is 46.1 Å². The van der Waals surface area contributed by atoms with Crippen LogP contribution in [0.5, 0.6) is 0 Å². The summed E-state index contributed by atoms with van der Waals surface area (Å²) in [5.41, 5.74) is 3.32. The Morgan fingerprint density at radius 3 is 2.19 bits per heavy atom. The van der Waals surface area contributed by atoms with Crippen molar-refractivity contribution in [3.05, 3.63) is 107 Å². The van der Waals surface area contributed by atoms with Crippen LogP contribution in [0, 0.1) is 5.92 Å². The van der Waals surface area contributed by atoms with Crippen molar-refractivity contribution in [1.29, 1.82) is 0 Å². The molecule has 1 aliphatic rings. The van der Waals surface area contributed by atoms with Crippen LogP contribution in [-0.4, -0.2) is 20.9 Å². The average molecular weight is 503 g/mol. The number of anilines is 1. The summed E-state index contributed by atoms with van der Waals surface area (Å²) >= 11 is 0. The highest BCUT2D eigenvalue weighted by Gasteiger charge is 2.41. The molecule has 36 heavy (non-hydrogen) atoms. The molecule has 0 spiro atoms. The van der Waals surface area contributed by atoms with Gasteiger partial charge in [0.1, 0.15) is 0 Å². The molecule has 3 aromatic rings. The molecular weight excluding hydrogens is 468 g/mol. The van der Waals surface area contributed by atoms with Crippen molar-refractivity contribution < 1.29 is 13.2 Å². The fourth-order valence-electron chi connectivity index (χ4n) is 4.70. The molecule has 3 aromatic carbocycles. The number of fused-ring (bicyclic) bond motifs is 1. The number of amides is 1. The molecule has 1 heterocycles. The molecule has 1 N–H and O–H groups in total. The van der Waals surface area contributed by atoms with E-state index >= 15 is 0 Å². The van der Waals surface area contributed by atoms with Crippen LogP contribution < -0.4 is 9.62 Å². The van der Waals surface area contributed by atoms with Gasteiger partial charge in [0, 0.05) is 17.7 Å². The topological polar surface area (TPSA) is 66.5 Å². The van der Waals surface area contributed by atoms with Gasteiger partial charge in [0.2, 0.25) is 0 Å². The van der Waals surface area contributed by atoms with Gasteiger partial charge in [-0.3, -0.25) is 9.10 Å². The van der Waals surface area contributed by atoms with Crippen LogP contribution in [0.1, 0.15) is 56.2 Å². The summed E-state index contributed by atoms with van der Waals surface area (Å²) in [6, 6.07) is 26.2. The molecule has 1 aliphatic heterocycles. The Morgan fingerprint density at radius 2 is 1.53 bits per heavy atom. The zero-order chi connectivity index (χ0) is 25.5. The van der Waals surface area contributed by atoms with E-state index in [0.29, 0.717) is 29.3 Å². The first-order valence-corrected chi connectivity index (χ1v) is 14.1. The second-order valence-corrected chi connectivity index (χ2v) is 11.0. The minimum Gasteiger partial charge on any atom is -0.351 e. The van der Waals surface area contributed by atoms with Crippen LogP contribution in [0.2, 0.25) is 0 Å². The Hall–Kier alpha value is -3.38. The number of unbranched alkanes of at least 4 members (excludes halogenated alkanes) is 1. The number of carbonyl (C=O) groups is 1. The first-order chi connectivity index (χ1) is 17.5. The van der Waals surface area contributed by atoms with Gasteiger partial charge < -0.3 is 5.32 Å². The Bertz CT molecular complexity index is 1320. The fraction of sp³-hybridized carbons (Fsp3) is 0.300. The second kappa shape index (κ2) is 11.6. The number of benzene rings is 3. The molecule has 0 saturated heterocycles. The molecule has 0 aliphatic carbocycles. The second-order valence-electron chi connectivity index (χ2n) is 9.21. The van der Waals surface area contributed by atoms with Crippen LogP contribution in [-0.2, 0) is 21.4 Å². The summed E-state index contributed by atoms with van der Waals surface area (Å²) < 4.78 is 29.8. The number of hydrogen-bond acceptors (Lipinski definition) is 3. The van der Waals surface area contributed by atoms with Crippen LogP contribution in [0.15, 0.2) is 89.8 Å². The predicted molar refractivity (Wildman–Crippen MR) is 147 cm³/mol. The molecule has 0 fully saturated rings. The van der Waals surface area contributed by atoms with E-state index in [1.54, 1.807) is 0 Å². The third-order valence-corrected chi connectivity index (χ3v) is 8.56. The zero-order valence-corrected chi connectivity index (χ0v) is 21.8. The molecule has 4 rings (SSSR count). The first kappa shape index (κ1) is 25.7. The maximum Gasteiger partial charge on any atom is 0.270 e. The lowest BCUT2D eigenvalue weighted by atomic mass is 9.95. The van der Waals surface area contributed by atoms with Crippen molar-refractivity contribution in [3.8, 4) is 0 Å². The van der Waals surface area contributed by atoms with E-state index in [4.69, 9.17) is 0 Å². The molecule has 0 aromatic heterocycles. The van der Waals surface area contributed by atoms with Crippen LogP contribution in [0.4, 0.5) is 5.69 Å². The van der Waals surface area contributed by atoms with E-state index in [9.17, 15) is 13.2 Å². The fourth-order valence-corrected chi connectivity index (χ4v) is 6.45. The van der Waals surface area contributed by atoms with Gasteiger partial charge >= 0.3 is 0 Å². The number of rotatable bonds is 10. The summed E-state index contributed by atoms with van der Waals surface area (Å²) in [5.74, 6) is -0.231. The first-order valence-electron chi connectivity index (χ1n) is 12.7. The van der Waals surface area contributed by atoms with Gasteiger partial charge in [-0.25, -0.2) is 8.42 Å². The minimum absolute atomic E-state index is 0.146. The summed E-state index contributed by atoms with van der Waals surface area (Å²) in [7, 11) is -4.14. The molecule has 188 valence electrons. The molecule has 0 radical (unpaired) electrons. The molecule has 1 amide bonds. The molecular formula is C30H34N2O3S. The molecule has 0 bridgehead atoms. The number of para-hydroxylation sites is 1. The van der Waals surface area contributed by atoms with Crippen molar-refractivity contribution >= 4 is 27.2 Å². The number of nitrogens with one attached hydrogen (secondary N) is 1. The Morgan fingerprint density at radius 1 is 0.889 bits per heavy atom. The predicted octanol–water partition coefficient (Wildman–Crippen LogP) is 6.13. The van der Waals surface area contributed by atoms with Crippen molar-refractivity contribution in [2.75, 3.05) is 10.8 Å². The maximum atomic E-state index is 14.2. The molecule has 6 heteroatoms. The Balaban J connectivity index is 1.83. The SMILES string of the molecule is CCCC[C@H](CC)CNC(=O)C1=C(c2ccccc2)c2ccccc2N(Cc2ccccc2)S1(=O)=O. The van der Waals surface area contributed by atoms with Gasteiger partial charge in [-0.15, -0.1) is 0 Å². The van der Waals surface area contributed by atoms with Gasteiger partial charge in [0.15, 0.2) is 4.91 Å². The molecule has 1 atom stereocenters. The summed E-state index contributed by atoms with van der Waals surface area (Å²) in [5, 5.41) is 2.98. The lowest BCUT2D eigenvalue weighted by Crippen LogP contribution is -2.42. The van der Waals surface area contributed by atoms with Gasteiger partial charge in [-0.1, -0.05) is 112 Å². The van der Waals surface area contributed by atoms with Gasteiger partial charge in [-0.05, 0) is 29.5 Å². The highest BCUT2D eigenvalue weighted by molar-refractivity contribution is 7.97. The van der Waals surface area contributed by atoms with Crippen molar-refractivity contribution in [1.82, 2.24) is 5.32 Å². The quantitative estimate of drug-likeness (QED) is 0.363. The normalized spacial score (nSPS) is 15.3. The lowest BCUT2D eigenvalue weighted by Gasteiger charge is -2.33. The van der Waals surface area contributed by atoms with E-state index in [-0.39, 0.29) is 11.4 Å². The van der Waals surface area contributed by atoms with E-state index in [1.165, 1.54) is 4.31 Å². The van der Waals surface area contributed by atoms with Crippen LogP contribution in [0.3, 0.4) is 0 Å². The lowest BCUT2D eigenvalue weighted by molar-refractivity contribution is -0.117. The standard InChI is InChI=1S/C30H34N2O3S/c1-3-5-14-23(4-2)21-31-30(33)29-28(25-17-10-7-11-18-25)26-19-12-13-20-27(26)32(36(29,34)35)22-24-15-8-6-9-16-24/h6-13,15-20,23H,3-5,14,21-22H2,1-2H3,(H,31,33)/t23-/m0/s1. The number of carbonyl (C=O) groups excluding carboxylic acids is 1. The number of sulfonamides is 1. The molecule has 0 unspecified atom stereocenters. The molecule has 5 nitrogen and oxygen atoms in total. The number of hydrogen-bond donors (Lipinski definition) is 1. The largest absolute Gasteiger partial charge is 0.351 e. The third kappa shape index (κ3) is 5.39. The Labute approximate surface area is 214 Å². The monoisotopic (exact) mass is 502 g/mol. The molecule has 0 saturated carbocycles. The highest BCUT2D eigenvalue weighted by atomic mass is 32.2. The van der Waals surface area contributed by atoms with E-state index in [1.807, 2.05) is 84.9 Å². The van der Waals surface area contributed by atoms with E-state index < -0.39 is 15.9 Å². The average Bonchev–Trinajstić information content (AvgIpc) is 2.91. The number of nitrogens with zero attached hydrogens (tertiary/aromatic N) is 1. The van der Waals surface area contributed by atoms with Gasteiger partial charge in [0.25, 0.3) is 15.9 Å². The highest BCUT2D eigenvalue weighted by Crippen LogP contribution is 2.43. The van der Waals surface area contributed by atoms with Gasteiger partial charge in [0.05, 0.1) is 12.2 Å². The maximum absolute atomic E-state index is 14.2. The summed E-state index contributed by atoms with van der Waals surface area (Å²) in [4.78, 5) is 13.5. The minimum atomic E-state index is -4.14. The summed E-state index contributed by atoms with van der Waals surface area (Å²) in [6.07, 6.45) is 4.12.